The van der Waals surface area contributed by atoms with Crippen LogP contribution in [0.3, 0.4) is 0 Å². The fraction of sp³-hybridized carbons (Fsp3) is 0.600. The summed E-state index contributed by atoms with van der Waals surface area (Å²) in [7, 11) is -3.56. The lowest BCUT2D eigenvalue weighted by Crippen LogP contribution is -2.34. The molecule has 1 saturated carbocycles. The molecule has 0 spiro atoms. The first-order valence-electron chi connectivity index (χ1n) is 7.48. The van der Waals surface area contributed by atoms with Crippen LogP contribution in [-0.2, 0) is 10.0 Å². The van der Waals surface area contributed by atoms with Crippen LogP contribution < -0.4 is 4.72 Å². The number of aliphatic hydroxyl groups is 1. The Morgan fingerprint density at radius 1 is 1.18 bits per heavy atom. The van der Waals surface area contributed by atoms with Gasteiger partial charge in [-0.25, -0.2) is 21.9 Å². The zero-order chi connectivity index (χ0) is 16.2. The highest BCUT2D eigenvalue weighted by Gasteiger charge is 2.23. The highest BCUT2D eigenvalue weighted by atomic mass is 32.2. The maximum absolute atomic E-state index is 13.5. The number of aliphatic hydroxyl groups excluding tert-OH is 1. The zero-order valence-corrected chi connectivity index (χ0v) is 13.1. The fourth-order valence-electron chi connectivity index (χ4n) is 2.86. The van der Waals surface area contributed by atoms with Crippen LogP contribution in [0.4, 0.5) is 8.78 Å². The highest BCUT2D eigenvalue weighted by molar-refractivity contribution is 7.89. The Labute approximate surface area is 129 Å². The molecule has 7 heteroatoms. The largest absolute Gasteiger partial charge is 0.387 e. The molecule has 1 aliphatic carbocycles. The van der Waals surface area contributed by atoms with E-state index in [-0.39, 0.29) is 11.7 Å². The molecule has 0 aliphatic heterocycles. The van der Waals surface area contributed by atoms with Crippen LogP contribution in [0, 0.1) is 17.6 Å². The third kappa shape index (κ3) is 4.72. The lowest BCUT2D eigenvalue weighted by Gasteiger charge is -2.22. The van der Waals surface area contributed by atoms with Crippen LogP contribution in [0.25, 0.3) is 0 Å². The van der Waals surface area contributed by atoms with Gasteiger partial charge in [0.05, 0.1) is 17.4 Å². The summed E-state index contributed by atoms with van der Waals surface area (Å²) < 4.78 is 53.3. The molecule has 1 aromatic rings. The summed E-state index contributed by atoms with van der Waals surface area (Å²) in [6, 6.07) is 3.24. The van der Waals surface area contributed by atoms with E-state index in [1.807, 2.05) is 0 Å². The van der Waals surface area contributed by atoms with E-state index in [0.717, 1.165) is 44.2 Å². The van der Waals surface area contributed by atoms with Gasteiger partial charge in [0, 0.05) is 6.54 Å². The first kappa shape index (κ1) is 17.3. The molecule has 0 bridgehead atoms. The molecule has 0 aromatic heterocycles. The second kappa shape index (κ2) is 7.48. The van der Waals surface area contributed by atoms with Gasteiger partial charge in [0.2, 0.25) is 10.0 Å². The molecule has 124 valence electrons. The van der Waals surface area contributed by atoms with Gasteiger partial charge in [-0.15, -0.1) is 0 Å². The van der Waals surface area contributed by atoms with Gasteiger partial charge < -0.3 is 5.11 Å². The molecular formula is C15H21F2NO3S. The van der Waals surface area contributed by atoms with Crippen LogP contribution in [0.15, 0.2) is 18.2 Å². The van der Waals surface area contributed by atoms with E-state index < -0.39 is 39.9 Å². The Balaban J connectivity index is 1.93. The smallest absolute Gasteiger partial charge is 0.211 e. The summed E-state index contributed by atoms with van der Waals surface area (Å²) in [5, 5.41) is 9.84. The zero-order valence-electron chi connectivity index (χ0n) is 12.3. The maximum Gasteiger partial charge on any atom is 0.211 e. The number of hydrogen-bond donors (Lipinski definition) is 2. The van der Waals surface area contributed by atoms with Crippen LogP contribution in [0.2, 0.25) is 0 Å². The quantitative estimate of drug-likeness (QED) is 0.840. The van der Waals surface area contributed by atoms with Crippen molar-refractivity contribution < 1.29 is 22.3 Å². The number of halogens is 2. The van der Waals surface area contributed by atoms with Gasteiger partial charge in [0.15, 0.2) is 0 Å². The normalized spacial score (nSPS) is 18.3. The van der Waals surface area contributed by atoms with Crippen molar-refractivity contribution >= 4 is 10.0 Å². The van der Waals surface area contributed by atoms with Crippen molar-refractivity contribution in [3.8, 4) is 0 Å². The highest BCUT2D eigenvalue weighted by Crippen LogP contribution is 2.25. The van der Waals surface area contributed by atoms with Crippen LogP contribution in [0.1, 0.15) is 43.8 Å². The molecular weight excluding hydrogens is 312 g/mol. The number of benzene rings is 1. The van der Waals surface area contributed by atoms with Crippen molar-refractivity contribution in [3.05, 3.63) is 35.4 Å². The van der Waals surface area contributed by atoms with Crippen LogP contribution in [-0.4, -0.2) is 25.8 Å². The van der Waals surface area contributed by atoms with Crippen LogP contribution >= 0.6 is 0 Å². The van der Waals surface area contributed by atoms with Gasteiger partial charge in [-0.05, 0) is 30.9 Å². The molecule has 0 radical (unpaired) electrons. The molecule has 1 unspecified atom stereocenters. The lowest BCUT2D eigenvalue weighted by atomic mass is 9.91. The predicted molar refractivity (Wildman–Crippen MR) is 79.7 cm³/mol. The summed E-state index contributed by atoms with van der Waals surface area (Å²) in [5.74, 6) is -1.66. The van der Waals surface area contributed by atoms with Crippen molar-refractivity contribution in [2.75, 3.05) is 12.3 Å². The van der Waals surface area contributed by atoms with Crippen LogP contribution in [0.5, 0.6) is 0 Å². The second-order valence-corrected chi connectivity index (χ2v) is 7.64. The summed E-state index contributed by atoms with van der Waals surface area (Å²) in [6.45, 7) is -0.438. The fourth-order valence-corrected chi connectivity index (χ4v) is 4.34. The Hall–Kier alpha value is -1.05. The van der Waals surface area contributed by atoms with Gasteiger partial charge in [0.1, 0.15) is 11.6 Å². The van der Waals surface area contributed by atoms with E-state index in [9.17, 15) is 22.3 Å². The molecule has 1 aromatic carbocycles. The number of rotatable bonds is 6. The van der Waals surface area contributed by atoms with Crippen molar-refractivity contribution in [3.63, 3.8) is 0 Å². The Morgan fingerprint density at radius 2 is 1.77 bits per heavy atom. The van der Waals surface area contributed by atoms with E-state index in [1.54, 1.807) is 0 Å². The Kier molecular flexibility index (Phi) is 5.88. The minimum absolute atomic E-state index is 0.000522. The first-order chi connectivity index (χ1) is 10.4. The van der Waals surface area contributed by atoms with Crippen molar-refractivity contribution in [2.45, 2.75) is 38.2 Å². The molecule has 0 heterocycles. The number of sulfonamides is 1. The van der Waals surface area contributed by atoms with Crippen molar-refractivity contribution in [1.82, 2.24) is 4.72 Å². The van der Waals surface area contributed by atoms with Gasteiger partial charge in [-0.1, -0.05) is 25.3 Å². The van der Waals surface area contributed by atoms with Crippen molar-refractivity contribution in [1.29, 1.82) is 0 Å². The third-order valence-electron chi connectivity index (χ3n) is 4.01. The van der Waals surface area contributed by atoms with Crippen molar-refractivity contribution in [2.24, 2.45) is 5.92 Å². The summed E-state index contributed by atoms with van der Waals surface area (Å²) >= 11 is 0. The van der Waals surface area contributed by atoms with Gasteiger partial charge >= 0.3 is 0 Å². The third-order valence-corrected chi connectivity index (χ3v) is 5.53. The average molecular weight is 333 g/mol. The molecule has 0 amide bonds. The predicted octanol–water partition coefficient (Wildman–Crippen LogP) is 2.50. The molecule has 1 fully saturated rings. The van der Waals surface area contributed by atoms with Gasteiger partial charge in [0.25, 0.3) is 0 Å². The molecule has 4 nitrogen and oxygen atoms in total. The molecule has 1 aliphatic rings. The van der Waals surface area contributed by atoms with E-state index in [2.05, 4.69) is 4.72 Å². The first-order valence-corrected chi connectivity index (χ1v) is 9.13. The minimum atomic E-state index is -3.56. The molecule has 22 heavy (non-hydrogen) atoms. The molecule has 2 N–H and O–H groups in total. The average Bonchev–Trinajstić information content (AvgIpc) is 2.46. The molecule has 0 saturated heterocycles. The Morgan fingerprint density at radius 3 is 2.36 bits per heavy atom. The summed E-state index contributed by atoms with van der Waals surface area (Å²) in [6.07, 6.45) is 3.40. The van der Waals surface area contributed by atoms with Gasteiger partial charge in [-0.3, -0.25) is 0 Å². The lowest BCUT2D eigenvalue weighted by molar-refractivity contribution is 0.172. The topological polar surface area (TPSA) is 66.4 Å². The number of nitrogens with one attached hydrogen (secondary N) is 1. The van der Waals surface area contributed by atoms with E-state index in [4.69, 9.17) is 0 Å². The summed E-state index contributed by atoms with van der Waals surface area (Å²) in [5.41, 5.74) is -0.511. The summed E-state index contributed by atoms with van der Waals surface area (Å²) in [4.78, 5) is 0. The second-order valence-electron chi connectivity index (χ2n) is 5.79. The van der Waals surface area contributed by atoms with E-state index in [1.165, 1.54) is 6.07 Å². The van der Waals surface area contributed by atoms with E-state index in [0.29, 0.717) is 0 Å². The van der Waals surface area contributed by atoms with Gasteiger partial charge in [-0.2, -0.15) is 0 Å². The monoisotopic (exact) mass is 333 g/mol. The molecule has 2 rings (SSSR count). The SMILES string of the molecule is O=S(=O)(CC1CCCCC1)NCC(O)c1c(F)cccc1F. The minimum Gasteiger partial charge on any atom is -0.387 e. The van der Waals surface area contributed by atoms with E-state index >= 15 is 0 Å². The Bertz CT molecular complexity index is 581. The number of hydrogen-bond acceptors (Lipinski definition) is 3. The molecule has 1 atom stereocenters. The maximum atomic E-state index is 13.5. The standard InChI is InChI=1S/C15H21F2NO3S/c16-12-7-4-8-13(17)15(12)14(19)9-18-22(20,21)10-11-5-2-1-3-6-11/h4,7-8,11,14,18-19H,1-3,5-6,9-10H2.